The molecule has 2 aliphatic heterocycles. The fourth-order valence-electron chi connectivity index (χ4n) is 5.28. The minimum atomic E-state index is -0.863. The van der Waals surface area contributed by atoms with Gasteiger partial charge in [0, 0.05) is 43.4 Å². The molecule has 3 aromatic heterocycles. The highest BCUT2D eigenvalue weighted by Gasteiger charge is 2.60. The first kappa shape index (κ1) is 17.9. The number of aromatic nitrogens is 3. The molecule has 0 unspecified atom stereocenters. The SMILES string of the molecule is Cn1ccnc1[C@@H]1N(C(=O)c2ccc3ccccn23)CC[C@]12C(=O)Nc1ccccc12. The van der Waals surface area contributed by atoms with Crippen molar-refractivity contribution >= 4 is 23.0 Å². The maximum absolute atomic E-state index is 13.8. The molecule has 2 amide bonds. The van der Waals surface area contributed by atoms with Gasteiger partial charge in [0.2, 0.25) is 5.91 Å². The lowest BCUT2D eigenvalue weighted by atomic mass is 9.74. The highest BCUT2D eigenvalue weighted by molar-refractivity contribution is 6.08. The maximum Gasteiger partial charge on any atom is 0.271 e. The number of benzene rings is 1. The Hall–Kier alpha value is -3.87. The number of likely N-dealkylation sites (tertiary alicyclic amines) is 1. The third-order valence-electron chi connectivity index (χ3n) is 6.73. The number of rotatable bonds is 2. The van der Waals surface area contributed by atoms with Crippen molar-refractivity contribution in [3.8, 4) is 0 Å². The largest absolute Gasteiger partial charge is 0.336 e. The van der Waals surface area contributed by atoms with Gasteiger partial charge < -0.3 is 19.2 Å². The molecule has 0 bridgehead atoms. The first-order valence-corrected chi connectivity index (χ1v) is 10.4. The number of nitrogens with one attached hydrogen (secondary N) is 1. The van der Waals surface area contributed by atoms with Crippen LogP contribution in [0.15, 0.2) is 73.2 Å². The smallest absolute Gasteiger partial charge is 0.271 e. The summed E-state index contributed by atoms with van der Waals surface area (Å²) in [6, 6.07) is 16.9. The van der Waals surface area contributed by atoms with E-state index in [1.807, 2.05) is 87.9 Å². The molecule has 5 heterocycles. The number of nitrogens with zero attached hydrogens (tertiary/aromatic N) is 4. The van der Waals surface area contributed by atoms with Gasteiger partial charge in [0.05, 0.1) is 0 Å². The van der Waals surface area contributed by atoms with Gasteiger partial charge in [-0.15, -0.1) is 0 Å². The Morgan fingerprint density at radius 1 is 1.10 bits per heavy atom. The van der Waals surface area contributed by atoms with E-state index in [1.165, 1.54) is 0 Å². The van der Waals surface area contributed by atoms with Crippen LogP contribution in [0.5, 0.6) is 0 Å². The van der Waals surface area contributed by atoms with Crippen LogP contribution in [0.25, 0.3) is 5.52 Å². The monoisotopic (exact) mass is 411 g/mol. The highest BCUT2D eigenvalue weighted by atomic mass is 16.2. The molecule has 6 rings (SSSR count). The van der Waals surface area contributed by atoms with Crippen LogP contribution in [0.2, 0.25) is 0 Å². The number of fused-ring (bicyclic) bond motifs is 3. The van der Waals surface area contributed by atoms with Crippen LogP contribution >= 0.6 is 0 Å². The normalized spacial score (nSPS) is 22.3. The minimum Gasteiger partial charge on any atom is -0.336 e. The van der Waals surface area contributed by atoms with Crippen molar-refractivity contribution in [1.29, 1.82) is 0 Å². The molecule has 1 aromatic carbocycles. The number of hydrogen-bond acceptors (Lipinski definition) is 3. The van der Waals surface area contributed by atoms with Crippen LogP contribution in [0.4, 0.5) is 5.69 Å². The number of anilines is 1. The summed E-state index contributed by atoms with van der Waals surface area (Å²) in [7, 11) is 1.91. The van der Waals surface area contributed by atoms with E-state index in [-0.39, 0.29) is 11.8 Å². The molecule has 0 radical (unpaired) electrons. The maximum atomic E-state index is 13.8. The van der Waals surface area contributed by atoms with Gasteiger partial charge in [-0.1, -0.05) is 24.3 Å². The number of aryl methyl sites for hydroxylation is 1. The van der Waals surface area contributed by atoms with Crippen molar-refractivity contribution in [2.24, 2.45) is 7.05 Å². The summed E-state index contributed by atoms with van der Waals surface area (Å²) in [5, 5.41) is 3.05. The summed E-state index contributed by atoms with van der Waals surface area (Å²) >= 11 is 0. The van der Waals surface area contributed by atoms with Crippen molar-refractivity contribution < 1.29 is 9.59 Å². The molecule has 1 N–H and O–H groups in total. The Bertz CT molecular complexity index is 1350. The van der Waals surface area contributed by atoms with Gasteiger partial charge in [-0.3, -0.25) is 9.59 Å². The number of hydrogen-bond donors (Lipinski definition) is 1. The number of carbonyl (C=O) groups is 2. The van der Waals surface area contributed by atoms with Crippen LogP contribution in [0, 0.1) is 0 Å². The second-order valence-electron chi connectivity index (χ2n) is 8.23. The number of imidazole rings is 1. The number of para-hydroxylation sites is 1. The van der Waals surface area contributed by atoms with Crippen LogP contribution in [0.3, 0.4) is 0 Å². The Morgan fingerprint density at radius 3 is 2.77 bits per heavy atom. The van der Waals surface area contributed by atoms with Crippen LogP contribution in [-0.4, -0.2) is 37.2 Å². The Kier molecular flexibility index (Phi) is 3.65. The molecule has 2 aliphatic rings. The van der Waals surface area contributed by atoms with Crippen molar-refractivity contribution in [3.05, 3.63) is 90.3 Å². The topological polar surface area (TPSA) is 71.6 Å². The van der Waals surface area contributed by atoms with E-state index in [0.717, 1.165) is 16.8 Å². The summed E-state index contributed by atoms with van der Waals surface area (Å²) < 4.78 is 3.80. The molecule has 1 fully saturated rings. The van der Waals surface area contributed by atoms with Gasteiger partial charge in [0.15, 0.2) is 0 Å². The average Bonchev–Trinajstić information content (AvgIpc) is 3.54. The van der Waals surface area contributed by atoms with Crippen molar-refractivity contribution in [1.82, 2.24) is 18.9 Å². The summed E-state index contributed by atoms with van der Waals surface area (Å²) in [6.07, 6.45) is 6.01. The van der Waals surface area contributed by atoms with Gasteiger partial charge >= 0.3 is 0 Å². The molecule has 7 nitrogen and oxygen atoms in total. The zero-order valence-corrected chi connectivity index (χ0v) is 17.0. The quantitative estimate of drug-likeness (QED) is 0.551. The lowest BCUT2D eigenvalue weighted by Crippen LogP contribution is -2.44. The summed E-state index contributed by atoms with van der Waals surface area (Å²) in [6.45, 7) is 0.470. The van der Waals surface area contributed by atoms with E-state index in [1.54, 1.807) is 6.20 Å². The zero-order chi connectivity index (χ0) is 21.2. The predicted octanol–water partition coefficient (Wildman–Crippen LogP) is 3.15. The van der Waals surface area contributed by atoms with E-state index < -0.39 is 11.5 Å². The lowest BCUT2D eigenvalue weighted by Gasteiger charge is -2.33. The first-order valence-electron chi connectivity index (χ1n) is 10.4. The van der Waals surface area contributed by atoms with Gasteiger partial charge in [0.25, 0.3) is 5.91 Å². The summed E-state index contributed by atoms with van der Waals surface area (Å²) in [5.74, 6) is 0.531. The van der Waals surface area contributed by atoms with E-state index in [2.05, 4.69) is 10.3 Å². The van der Waals surface area contributed by atoms with E-state index >= 15 is 0 Å². The van der Waals surface area contributed by atoms with Gasteiger partial charge in [-0.05, 0) is 42.3 Å². The van der Waals surface area contributed by atoms with Gasteiger partial charge in [0.1, 0.15) is 23.0 Å². The second kappa shape index (κ2) is 6.31. The Morgan fingerprint density at radius 2 is 1.94 bits per heavy atom. The number of amides is 2. The standard InChI is InChI=1S/C24H21N5O2/c1-27-15-12-25-21(27)20-24(17-7-2-3-8-18(17)26-23(24)31)11-14-29(20)22(30)19-10-9-16-6-4-5-13-28(16)19/h2-10,12-13,15,20H,11,14H2,1H3,(H,26,31)/t20-,24+/m0/s1. The van der Waals surface area contributed by atoms with Crippen molar-refractivity contribution in [3.63, 3.8) is 0 Å². The lowest BCUT2D eigenvalue weighted by molar-refractivity contribution is -0.121. The molecule has 0 saturated carbocycles. The number of carbonyl (C=O) groups excluding carboxylic acids is 2. The van der Waals surface area contributed by atoms with E-state index in [4.69, 9.17) is 0 Å². The van der Waals surface area contributed by atoms with Crippen LogP contribution < -0.4 is 5.32 Å². The minimum absolute atomic E-state index is 0.0722. The van der Waals surface area contributed by atoms with Crippen molar-refractivity contribution in [2.45, 2.75) is 17.9 Å². The van der Waals surface area contributed by atoms with Gasteiger partial charge in [-0.2, -0.15) is 0 Å². The van der Waals surface area contributed by atoms with E-state index in [9.17, 15) is 9.59 Å². The molecule has 2 atom stereocenters. The predicted molar refractivity (Wildman–Crippen MR) is 116 cm³/mol. The van der Waals surface area contributed by atoms with Gasteiger partial charge in [-0.25, -0.2) is 4.98 Å². The summed E-state index contributed by atoms with van der Waals surface area (Å²) in [4.78, 5) is 33.7. The van der Waals surface area contributed by atoms with Crippen LogP contribution in [0.1, 0.15) is 34.3 Å². The Labute approximate surface area is 178 Å². The molecular formula is C24H21N5O2. The fraction of sp³-hybridized carbons (Fsp3) is 0.208. The molecule has 1 saturated heterocycles. The number of pyridine rings is 1. The summed E-state index contributed by atoms with van der Waals surface area (Å²) in [5.41, 5.74) is 2.42. The molecule has 0 aliphatic carbocycles. The fourth-order valence-corrected chi connectivity index (χ4v) is 5.28. The molecule has 154 valence electrons. The highest BCUT2D eigenvalue weighted by Crippen LogP contribution is 2.54. The second-order valence-corrected chi connectivity index (χ2v) is 8.23. The van der Waals surface area contributed by atoms with Crippen molar-refractivity contribution in [2.75, 3.05) is 11.9 Å². The molecule has 31 heavy (non-hydrogen) atoms. The molecule has 4 aromatic rings. The van der Waals surface area contributed by atoms with Crippen LogP contribution in [-0.2, 0) is 17.3 Å². The molecule has 1 spiro atoms. The third kappa shape index (κ3) is 2.31. The molecule has 7 heteroatoms. The third-order valence-corrected chi connectivity index (χ3v) is 6.73. The van der Waals surface area contributed by atoms with E-state index in [0.29, 0.717) is 24.5 Å². The molecular weight excluding hydrogens is 390 g/mol. The zero-order valence-electron chi connectivity index (χ0n) is 17.0. The first-order chi connectivity index (χ1) is 15.1. The average molecular weight is 411 g/mol. The Balaban J connectivity index is 1.53.